The highest BCUT2D eigenvalue weighted by molar-refractivity contribution is 6.00. The Bertz CT molecular complexity index is 923. The molecule has 0 radical (unpaired) electrons. The fourth-order valence-corrected chi connectivity index (χ4v) is 3.01. The van der Waals surface area contributed by atoms with Crippen LogP contribution < -0.4 is 5.32 Å². The first-order valence-electron chi connectivity index (χ1n) is 9.62. The van der Waals surface area contributed by atoms with Crippen molar-refractivity contribution in [3.63, 3.8) is 0 Å². The molecule has 0 aliphatic carbocycles. The molecule has 1 amide bonds. The van der Waals surface area contributed by atoms with Gasteiger partial charge in [0.05, 0.1) is 24.8 Å². The second-order valence-electron chi connectivity index (χ2n) is 7.20. The van der Waals surface area contributed by atoms with Crippen LogP contribution in [0.4, 0.5) is 0 Å². The Balaban J connectivity index is 1.95. The van der Waals surface area contributed by atoms with Crippen LogP contribution in [0.3, 0.4) is 0 Å². The van der Waals surface area contributed by atoms with Crippen LogP contribution in [-0.4, -0.2) is 33.4 Å². The third kappa shape index (κ3) is 4.67. The molecule has 1 unspecified atom stereocenters. The molecule has 3 aromatic rings. The third-order valence-corrected chi connectivity index (χ3v) is 4.84. The van der Waals surface area contributed by atoms with Gasteiger partial charge < -0.3 is 10.4 Å². The number of nitrogens with one attached hydrogen (secondary N) is 1. The van der Waals surface area contributed by atoms with Gasteiger partial charge in [-0.05, 0) is 25.8 Å². The fraction of sp³-hybridized carbons (Fsp3) is 0.304. The molecule has 0 spiro atoms. The van der Waals surface area contributed by atoms with Crippen molar-refractivity contribution in [1.82, 2.24) is 15.1 Å². The molecule has 0 bridgehead atoms. The van der Waals surface area contributed by atoms with Crippen LogP contribution in [0.25, 0.3) is 11.3 Å². The van der Waals surface area contributed by atoms with E-state index in [1.165, 1.54) is 5.56 Å². The topological polar surface area (TPSA) is 67.2 Å². The van der Waals surface area contributed by atoms with Crippen molar-refractivity contribution in [2.75, 3.05) is 6.61 Å². The number of amides is 1. The first-order chi connectivity index (χ1) is 13.5. The summed E-state index contributed by atoms with van der Waals surface area (Å²) in [4.78, 5) is 12.9. The minimum atomic E-state index is -0.265. The average molecular weight is 377 g/mol. The molecular formula is C23H27N3O2. The van der Waals surface area contributed by atoms with Crippen LogP contribution in [0.1, 0.15) is 40.4 Å². The van der Waals surface area contributed by atoms with Crippen molar-refractivity contribution < 1.29 is 9.90 Å². The summed E-state index contributed by atoms with van der Waals surface area (Å²) < 4.78 is 1.80. The van der Waals surface area contributed by atoms with Gasteiger partial charge in [0.25, 0.3) is 5.91 Å². The van der Waals surface area contributed by atoms with Crippen molar-refractivity contribution in [2.24, 2.45) is 0 Å². The summed E-state index contributed by atoms with van der Waals surface area (Å²) in [6.07, 6.45) is 2.45. The lowest BCUT2D eigenvalue weighted by molar-refractivity contribution is 0.0915. The van der Waals surface area contributed by atoms with Crippen molar-refractivity contribution in [2.45, 2.75) is 39.8 Å². The summed E-state index contributed by atoms with van der Waals surface area (Å²) in [6, 6.07) is 16.0. The Labute approximate surface area is 166 Å². The van der Waals surface area contributed by atoms with E-state index in [1.807, 2.05) is 38.1 Å². The van der Waals surface area contributed by atoms with E-state index >= 15 is 0 Å². The largest absolute Gasteiger partial charge is 0.394 e. The van der Waals surface area contributed by atoms with Gasteiger partial charge >= 0.3 is 0 Å². The quantitative estimate of drug-likeness (QED) is 0.659. The van der Waals surface area contributed by atoms with Gasteiger partial charge in [-0.1, -0.05) is 66.6 Å². The first kappa shape index (κ1) is 19.8. The lowest BCUT2D eigenvalue weighted by Gasteiger charge is -2.13. The third-order valence-electron chi connectivity index (χ3n) is 4.84. The van der Waals surface area contributed by atoms with Gasteiger partial charge in [-0.15, -0.1) is 0 Å². The van der Waals surface area contributed by atoms with E-state index in [9.17, 15) is 9.90 Å². The Morgan fingerprint density at radius 2 is 1.68 bits per heavy atom. The molecule has 1 aromatic heterocycles. The second kappa shape index (κ2) is 8.85. The summed E-state index contributed by atoms with van der Waals surface area (Å²) in [6.45, 7) is 6.52. The maximum atomic E-state index is 12.9. The van der Waals surface area contributed by atoms with E-state index in [-0.39, 0.29) is 18.6 Å². The summed E-state index contributed by atoms with van der Waals surface area (Å²) >= 11 is 0. The molecule has 1 atom stereocenters. The number of hydrogen-bond donors (Lipinski definition) is 2. The number of carbonyl (C=O) groups is 1. The van der Waals surface area contributed by atoms with Gasteiger partial charge in [0, 0.05) is 11.8 Å². The highest BCUT2D eigenvalue weighted by Gasteiger charge is 2.20. The van der Waals surface area contributed by atoms with Crippen LogP contribution >= 0.6 is 0 Å². The van der Waals surface area contributed by atoms with Gasteiger partial charge in [-0.3, -0.25) is 9.48 Å². The van der Waals surface area contributed by atoms with Crippen molar-refractivity contribution in [1.29, 1.82) is 0 Å². The Hall–Kier alpha value is -2.92. The molecule has 0 saturated carbocycles. The predicted molar refractivity (Wildman–Crippen MR) is 111 cm³/mol. The van der Waals surface area contributed by atoms with E-state index in [0.717, 1.165) is 16.7 Å². The number of benzene rings is 2. The number of carbonyl (C=O) groups excluding carboxylic acids is 1. The van der Waals surface area contributed by atoms with Gasteiger partial charge in [0.15, 0.2) is 0 Å². The molecule has 3 rings (SSSR count). The maximum Gasteiger partial charge on any atom is 0.255 e. The van der Waals surface area contributed by atoms with Crippen molar-refractivity contribution in [3.05, 3.63) is 77.0 Å². The number of rotatable bonds is 7. The molecule has 0 saturated heterocycles. The number of aromatic nitrogens is 2. The summed E-state index contributed by atoms with van der Waals surface area (Å²) in [5.41, 5.74) is 5.55. The van der Waals surface area contributed by atoms with E-state index in [2.05, 4.69) is 36.5 Å². The summed E-state index contributed by atoms with van der Waals surface area (Å²) in [7, 11) is 0. The predicted octanol–water partition coefficient (Wildman–Crippen LogP) is 3.72. The number of hydrogen-bond acceptors (Lipinski definition) is 3. The normalized spacial score (nSPS) is 12.0. The zero-order chi connectivity index (χ0) is 20.1. The molecule has 5 nitrogen and oxygen atoms in total. The minimum Gasteiger partial charge on any atom is -0.394 e. The fourth-order valence-electron chi connectivity index (χ4n) is 3.01. The molecule has 0 aliphatic rings. The smallest absolute Gasteiger partial charge is 0.255 e. The molecule has 2 aromatic carbocycles. The number of aliphatic hydroxyl groups excluding tert-OH is 1. The minimum absolute atomic E-state index is 0.0837. The molecule has 28 heavy (non-hydrogen) atoms. The molecule has 0 aliphatic heterocycles. The average Bonchev–Trinajstić information content (AvgIpc) is 3.12. The Morgan fingerprint density at radius 3 is 2.25 bits per heavy atom. The molecule has 146 valence electrons. The number of aryl methyl sites for hydroxylation is 2. The standard InChI is InChI=1S/C23H27N3O2/c1-4-20(15-27)24-23(28)21-14-26(13-18-9-5-16(2)6-10-18)25-22(21)19-11-7-17(3)8-12-19/h5-12,14,20,27H,4,13,15H2,1-3H3,(H,24,28). The lowest BCUT2D eigenvalue weighted by Crippen LogP contribution is -2.37. The SMILES string of the molecule is CCC(CO)NC(=O)c1cn(Cc2ccc(C)cc2)nc1-c1ccc(C)cc1. The van der Waals surface area contributed by atoms with Crippen LogP contribution in [0, 0.1) is 13.8 Å². The highest BCUT2D eigenvalue weighted by Crippen LogP contribution is 2.23. The van der Waals surface area contributed by atoms with Crippen LogP contribution in [0.5, 0.6) is 0 Å². The van der Waals surface area contributed by atoms with Gasteiger partial charge in [-0.25, -0.2) is 0 Å². The van der Waals surface area contributed by atoms with Crippen molar-refractivity contribution in [3.8, 4) is 11.3 Å². The molecule has 5 heteroatoms. The zero-order valence-corrected chi connectivity index (χ0v) is 16.6. The Morgan fingerprint density at radius 1 is 1.07 bits per heavy atom. The van der Waals surface area contributed by atoms with Crippen LogP contribution in [0.15, 0.2) is 54.7 Å². The molecule has 1 heterocycles. The zero-order valence-electron chi connectivity index (χ0n) is 16.6. The van der Waals surface area contributed by atoms with Gasteiger partial charge in [0.2, 0.25) is 0 Å². The first-order valence-corrected chi connectivity index (χ1v) is 9.62. The van der Waals surface area contributed by atoms with Crippen LogP contribution in [0.2, 0.25) is 0 Å². The summed E-state index contributed by atoms with van der Waals surface area (Å²) in [5, 5.41) is 17.0. The number of aliphatic hydroxyl groups is 1. The monoisotopic (exact) mass is 377 g/mol. The van der Waals surface area contributed by atoms with E-state index in [1.54, 1.807) is 10.9 Å². The van der Waals surface area contributed by atoms with E-state index in [4.69, 9.17) is 5.10 Å². The van der Waals surface area contributed by atoms with Crippen LogP contribution in [-0.2, 0) is 6.54 Å². The lowest BCUT2D eigenvalue weighted by atomic mass is 10.1. The Kier molecular flexibility index (Phi) is 6.26. The molecule has 0 fully saturated rings. The second-order valence-corrected chi connectivity index (χ2v) is 7.20. The molecular weight excluding hydrogens is 350 g/mol. The number of nitrogens with zero attached hydrogens (tertiary/aromatic N) is 2. The summed E-state index contributed by atoms with van der Waals surface area (Å²) in [5.74, 6) is -0.216. The van der Waals surface area contributed by atoms with E-state index in [0.29, 0.717) is 24.2 Å². The van der Waals surface area contributed by atoms with Gasteiger partial charge in [0.1, 0.15) is 5.69 Å². The molecule has 2 N–H and O–H groups in total. The van der Waals surface area contributed by atoms with Crippen molar-refractivity contribution >= 4 is 5.91 Å². The highest BCUT2D eigenvalue weighted by atomic mass is 16.3. The maximum absolute atomic E-state index is 12.9. The van der Waals surface area contributed by atoms with Gasteiger partial charge in [-0.2, -0.15) is 5.10 Å². The van der Waals surface area contributed by atoms with E-state index < -0.39 is 0 Å².